The highest BCUT2D eigenvalue weighted by Crippen LogP contribution is 2.38. The van der Waals surface area contributed by atoms with Crippen LogP contribution in [0.2, 0.25) is 0 Å². The van der Waals surface area contributed by atoms with Crippen LogP contribution in [0.4, 0.5) is 4.79 Å². The van der Waals surface area contributed by atoms with Gasteiger partial charge in [-0.1, -0.05) is 11.2 Å². The Hall–Kier alpha value is -2.77. The van der Waals surface area contributed by atoms with E-state index in [0.717, 1.165) is 35.7 Å². The monoisotopic (exact) mass is 372 g/mol. The molecule has 8 heteroatoms. The van der Waals surface area contributed by atoms with Crippen molar-refractivity contribution < 1.29 is 18.8 Å². The average Bonchev–Trinajstić information content (AvgIpc) is 3.45. The molecule has 1 N–H and O–H groups in total. The van der Waals surface area contributed by atoms with Crippen LogP contribution in [0.1, 0.15) is 49.0 Å². The normalized spacial score (nSPS) is 16.7. The van der Waals surface area contributed by atoms with Crippen molar-refractivity contribution in [3.8, 4) is 11.5 Å². The van der Waals surface area contributed by atoms with Crippen molar-refractivity contribution in [2.45, 2.75) is 38.1 Å². The number of fused-ring (bicyclic) bond motifs is 1. The van der Waals surface area contributed by atoms with Crippen LogP contribution < -0.4 is 14.8 Å². The first-order valence-corrected chi connectivity index (χ1v) is 9.34. The number of nitrogens with one attached hydrogen (secondary N) is 1. The predicted molar refractivity (Wildman–Crippen MR) is 97.0 cm³/mol. The van der Waals surface area contributed by atoms with Crippen LogP contribution >= 0.6 is 0 Å². The molecular formula is C19H24N4O4. The largest absolute Gasteiger partial charge is 0.486 e. The van der Waals surface area contributed by atoms with E-state index in [2.05, 4.69) is 15.5 Å². The van der Waals surface area contributed by atoms with Gasteiger partial charge in [0.05, 0.1) is 6.04 Å². The second kappa shape index (κ2) is 7.46. The molecule has 1 atom stereocenters. The highest BCUT2D eigenvalue weighted by atomic mass is 16.6. The van der Waals surface area contributed by atoms with Crippen LogP contribution in [0.25, 0.3) is 0 Å². The molecule has 2 aromatic rings. The van der Waals surface area contributed by atoms with Crippen molar-refractivity contribution in [2.75, 3.05) is 26.8 Å². The fourth-order valence-corrected chi connectivity index (χ4v) is 3.00. The Labute approximate surface area is 157 Å². The fourth-order valence-electron chi connectivity index (χ4n) is 3.00. The second-order valence-electron chi connectivity index (χ2n) is 6.99. The number of carbonyl (C=O) groups is 1. The summed E-state index contributed by atoms with van der Waals surface area (Å²) in [6, 6.07) is 5.52. The Balaban J connectivity index is 1.29. The van der Waals surface area contributed by atoms with Gasteiger partial charge in [0, 0.05) is 25.9 Å². The Morgan fingerprint density at radius 2 is 2.07 bits per heavy atom. The van der Waals surface area contributed by atoms with Crippen LogP contribution in [-0.2, 0) is 6.42 Å². The lowest BCUT2D eigenvalue weighted by Crippen LogP contribution is -2.39. The van der Waals surface area contributed by atoms with E-state index in [-0.39, 0.29) is 12.1 Å². The molecule has 4 rings (SSSR count). The number of amides is 2. The van der Waals surface area contributed by atoms with E-state index in [1.54, 1.807) is 11.9 Å². The van der Waals surface area contributed by atoms with Crippen LogP contribution in [0.5, 0.6) is 11.5 Å². The van der Waals surface area contributed by atoms with Gasteiger partial charge in [0.2, 0.25) is 5.89 Å². The lowest BCUT2D eigenvalue weighted by Gasteiger charge is -2.27. The number of hydrogen-bond donors (Lipinski definition) is 1. The molecule has 27 heavy (non-hydrogen) atoms. The molecule has 2 amide bonds. The predicted octanol–water partition coefficient (Wildman–Crippen LogP) is 2.66. The van der Waals surface area contributed by atoms with Gasteiger partial charge in [-0.05, 0) is 37.5 Å². The summed E-state index contributed by atoms with van der Waals surface area (Å²) in [5.74, 6) is 3.30. The van der Waals surface area contributed by atoms with Gasteiger partial charge < -0.3 is 24.2 Å². The van der Waals surface area contributed by atoms with Gasteiger partial charge in [-0.15, -0.1) is 0 Å². The molecule has 1 aliphatic heterocycles. The molecule has 1 aromatic carbocycles. The third kappa shape index (κ3) is 3.99. The van der Waals surface area contributed by atoms with Gasteiger partial charge in [-0.2, -0.15) is 4.98 Å². The molecule has 2 heterocycles. The van der Waals surface area contributed by atoms with Crippen molar-refractivity contribution >= 4 is 6.03 Å². The molecule has 1 fully saturated rings. The molecule has 0 saturated heterocycles. The van der Waals surface area contributed by atoms with Crippen LogP contribution in [0, 0.1) is 0 Å². The topological polar surface area (TPSA) is 89.7 Å². The SMILES string of the molecule is C[C@H](c1ccc2c(c1)OCCO2)N(C)C(=O)NCCc1nc(C2CC2)no1. The standard InChI is InChI=1S/C19H24N4O4/c1-12(14-5-6-15-16(11-14)26-10-9-25-15)23(2)19(24)20-8-7-17-21-18(22-27-17)13-3-4-13/h5-6,11-13H,3-4,7-10H2,1-2H3,(H,20,24)/t12-/m1/s1. The Bertz CT molecular complexity index is 818. The van der Waals surface area contributed by atoms with E-state index in [0.29, 0.717) is 38.0 Å². The summed E-state index contributed by atoms with van der Waals surface area (Å²) in [6.45, 7) is 3.53. The number of ether oxygens (including phenoxy) is 2. The zero-order chi connectivity index (χ0) is 18.8. The molecule has 8 nitrogen and oxygen atoms in total. The minimum absolute atomic E-state index is 0.106. The molecule has 144 valence electrons. The summed E-state index contributed by atoms with van der Waals surface area (Å²) >= 11 is 0. The molecule has 1 saturated carbocycles. The minimum atomic E-state index is -0.153. The van der Waals surface area contributed by atoms with Crippen molar-refractivity contribution in [2.24, 2.45) is 0 Å². The van der Waals surface area contributed by atoms with Crippen LogP contribution in [-0.4, -0.2) is 47.9 Å². The molecule has 1 aliphatic carbocycles. The number of hydrogen-bond acceptors (Lipinski definition) is 6. The fraction of sp³-hybridized carbons (Fsp3) is 0.526. The molecule has 0 unspecified atom stereocenters. The van der Waals surface area contributed by atoms with Crippen molar-refractivity contribution in [3.05, 3.63) is 35.5 Å². The van der Waals surface area contributed by atoms with E-state index in [1.165, 1.54) is 0 Å². The first-order valence-electron chi connectivity index (χ1n) is 9.34. The molecular weight excluding hydrogens is 348 g/mol. The maximum absolute atomic E-state index is 12.5. The number of benzene rings is 1. The van der Waals surface area contributed by atoms with Gasteiger partial charge in [-0.25, -0.2) is 4.79 Å². The number of carbonyl (C=O) groups excluding carboxylic acids is 1. The summed E-state index contributed by atoms with van der Waals surface area (Å²) in [5.41, 5.74) is 0.989. The molecule has 2 aliphatic rings. The van der Waals surface area contributed by atoms with Gasteiger partial charge in [-0.3, -0.25) is 0 Å². The first kappa shape index (κ1) is 17.6. The van der Waals surface area contributed by atoms with Gasteiger partial charge in [0.15, 0.2) is 17.3 Å². The van der Waals surface area contributed by atoms with Crippen molar-refractivity contribution in [1.29, 1.82) is 0 Å². The van der Waals surface area contributed by atoms with Crippen LogP contribution in [0.15, 0.2) is 22.7 Å². The number of aromatic nitrogens is 2. The van der Waals surface area contributed by atoms with Crippen molar-refractivity contribution in [1.82, 2.24) is 20.4 Å². The maximum Gasteiger partial charge on any atom is 0.317 e. The average molecular weight is 372 g/mol. The number of nitrogens with zero attached hydrogens (tertiary/aromatic N) is 3. The van der Waals surface area contributed by atoms with E-state index < -0.39 is 0 Å². The first-order chi connectivity index (χ1) is 13.1. The Morgan fingerprint density at radius 1 is 1.30 bits per heavy atom. The molecule has 1 aromatic heterocycles. The number of rotatable bonds is 6. The summed E-state index contributed by atoms with van der Waals surface area (Å²) in [7, 11) is 1.77. The van der Waals surface area contributed by atoms with E-state index in [1.807, 2.05) is 25.1 Å². The van der Waals surface area contributed by atoms with Crippen LogP contribution in [0.3, 0.4) is 0 Å². The van der Waals surface area contributed by atoms with Gasteiger partial charge >= 0.3 is 6.03 Å². The van der Waals surface area contributed by atoms with Gasteiger partial charge in [0.25, 0.3) is 0 Å². The number of urea groups is 1. The molecule has 0 radical (unpaired) electrons. The van der Waals surface area contributed by atoms with E-state index in [4.69, 9.17) is 14.0 Å². The third-order valence-corrected chi connectivity index (χ3v) is 4.99. The zero-order valence-corrected chi connectivity index (χ0v) is 15.6. The van der Waals surface area contributed by atoms with E-state index >= 15 is 0 Å². The highest BCUT2D eigenvalue weighted by molar-refractivity contribution is 5.74. The lowest BCUT2D eigenvalue weighted by atomic mass is 10.1. The highest BCUT2D eigenvalue weighted by Gasteiger charge is 2.28. The Kier molecular flexibility index (Phi) is 4.87. The summed E-state index contributed by atoms with van der Waals surface area (Å²) in [4.78, 5) is 18.5. The molecule has 0 spiro atoms. The summed E-state index contributed by atoms with van der Waals surface area (Å²) in [6.07, 6.45) is 2.80. The summed E-state index contributed by atoms with van der Waals surface area (Å²) < 4.78 is 16.4. The molecule has 0 bridgehead atoms. The summed E-state index contributed by atoms with van der Waals surface area (Å²) in [5, 5.41) is 6.88. The zero-order valence-electron chi connectivity index (χ0n) is 15.6. The van der Waals surface area contributed by atoms with E-state index in [9.17, 15) is 4.79 Å². The maximum atomic E-state index is 12.5. The lowest BCUT2D eigenvalue weighted by molar-refractivity contribution is 0.170. The Morgan fingerprint density at radius 3 is 2.85 bits per heavy atom. The second-order valence-corrected chi connectivity index (χ2v) is 6.99. The van der Waals surface area contributed by atoms with Crippen molar-refractivity contribution in [3.63, 3.8) is 0 Å². The smallest absolute Gasteiger partial charge is 0.317 e. The quantitative estimate of drug-likeness (QED) is 0.838. The third-order valence-electron chi connectivity index (χ3n) is 4.99. The minimum Gasteiger partial charge on any atom is -0.486 e. The van der Waals surface area contributed by atoms with Gasteiger partial charge in [0.1, 0.15) is 13.2 Å².